The Labute approximate surface area is 141 Å². The lowest BCUT2D eigenvalue weighted by Gasteiger charge is -2.41. The van der Waals surface area contributed by atoms with Crippen LogP contribution in [0, 0.1) is 11.8 Å². The molecule has 4 heterocycles. The number of hydroxylamine groups is 2. The minimum Gasteiger partial charge on any atom is -0.377 e. The first-order valence-corrected chi connectivity index (χ1v) is 9.50. The molecule has 1 amide bonds. The molecule has 0 radical (unpaired) electrons. The Bertz CT molecular complexity index is 530. The summed E-state index contributed by atoms with van der Waals surface area (Å²) in [4.78, 5) is 22.3. The van der Waals surface area contributed by atoms with Gasteiger partial charge in [-0.3, -0.25) is 14.5 Å². The number of carbonyl (C=O) groups excluding carboxylic acids is 1. The monoisotopic (exact) mass is 336 g/mol. The average Bonchev–Trinajstić information content (AvgIpc) is 3.26. The minimum atomic E-state index is 0.00862. The van der Waals surface area contributed by atoms with Crippen LogP contribution >= 0.6 is 11.3 Å². The molecule has 3 saturated heterocycles. The summed E-state index contributed by atoms with van der Waals surface area (Å²) in [5, 5.41) is 3.73. The van der Waals surface area contributed by atoms with Crippen LogP contribution in [0.4, 0.5) is 0 Å². The standard InChI is InChI=1S/C17H24N2O3S/c20-17(19-6-1-2-7-22-19)15-11-18(10-13-4-3-9-23-13)12-16-14(15)5-8-21-16/h3-4,9,14-16H,1-2,5-8,10-12H2/t14-,15-,16+/m0/s1. The molecule has 3 atom stereocenters. The molecule has 6 heteroatoms. The van der Waals surface area contributed by atoms with Crippen molar-refractivity contribution in [2.24, 2.45) is 11.8 Å². The van der Waals surface area contributed by atoms with Crippen molar-refractivity contribution in [3.05, 3.63) is 22.4 Å². The molecule has 23 heavy (non-hydrogen) atoms. The van der Waals surface area contributed by atoms with Gasteiger partial charge in [0, 0.05) is 43.6 Å². The van der Waals surface area contributed by atoms with Gasteiger partial charge < -0.3 is 4.74 Å². The van der Waals surface area contributed by atoms with E-state index in [2.05, 4.69) is 22.4 Å². The van der Waals surface area contributed by atoms with Crippen LogP contribution in [0.3, 0.4) is 0 Å². The molecular formula is C17H24N2O3S. The van der Waals surface area contributed by atoms with Gasteiger partial charge in [-0.25, -0.2) is 5.06 Å². The number of nitrogens with zero attached hydrogens (tertiary/aromatic N) is 2. The second-order valence-electron chi connectivity index (χ2n) is 6.72. The van der Waals surface area contributed by atoms with E-state index in [1.165, 1.54) is 4.88 Å². The van der Waals surface area contributed by atoms with Crippen molar-refractivity contribution in [2.45, 2.75) is 31.9 Å². The third kappa shape index (κ3) is 3.31. The molecule has 1 aromatic rings. The van der Waals surface area contributed by atoms with E-state index in [1.54, 1.807) is 16.4 Å². The fourth-order valence-electron chi connectivity index (χ4n) is 4.02. The number of rotatable bonds is 3. The Morgan fingerprint density at radius 2 is 2.26 bits per heavy atom. The van der Waals surface area contributed by atoms with Crippen molar-refractivity contribution in [3.8, 4) is 0 Å². The van der Waals surface area contributed by atoms with Gasteiger partial charge in [0.15, 0.2) is 0 Å². The third-order valence-electron chi connectivity index (χ3n) is 5.20. The van der Waals surface area contributed by atoms with E-state index in [9.17, 15) is 4.79 Å². The van der Waals surface area contributed by atoms with Gasteiger partial charge in [0.2, 0.25) is 0 Å². The molecule has 0 unspecified atom stereocenters. The van der Waals surface area contributed by atoms with Crippen LogP contribution in [-0.4, -0.2) is 54.8 Å². The normalized spacial score (nSPS) is 32.0. The van der Waals surface area contributed by atoms with Crippen LogP contribution in [0.15, 0.2) is 17.5 Å². The van der Waals surface area contributed by atoms with Gasteiger partial charge in [0.25, 0.3) is 5.91 Å². The molecule has 126 valence electrons. The van der Waals surface area contributed by atoms with Gasteiger partial charge in [0.1, 0.15) is 0 Å². The van der Waals surface area contributed by atoms with E-state index in [-0.39, 0.29) is 17.9 Å². The largest absolute Gasteiger partial charge is 0.377 e. The number of likely N-dealkylation sites (tertiary alicyclic amines) is 1. The predicted octanol–water partition coefficient (Wildman–Crippen LogP) is 2.14. The smallest absolute Gasteiger partial charge is 0.250 e. The summed E-state index contributed by atoms with van der Waals surface area (Å²) in [6, 6.07) is 4.25. The van der Waals surface area contributed by atoms with Crippen LogP contribution in [0.1, 0.15) is 24.1 Å². The van der Waals surface area contributed by atoms with E-state index in [4.69, 9.17) is 9.57 Å². The van der Waals surface area contributed by atoms with Crippen LogP contribution in [0.5, 0.6) is 0 Å². The zero-order chi connectivity index (χ0) is 15.6. The molecule has 0 aromatic carbocycles. The number of thiophene rings is 1. The summed E-state index contributed by atoms with van der Waals surface area (Å²) in [5.41, 5.74) is 0. The van der Waals surface area contributed by atoms with E-state index in [1.807, 2.05) is 0 Å². The highest BCUT2D eigenvalue weighted by Gasteiger charge is 2.45. The number of piperidine rings is 1. The van der Waals surface area contributed by atoms with Crippen LogP contribution < -0.4 is 0 Å². The first-order chi connectivity index (χ1) is 11.3. The summed E-state index contributed by atoms with van der Waals surface area (Å²) in [5.74, 6) is 0.531. The summed E-state index contributed by atoms with van der Waals surface area (Å²) in [7, 11) is 0. The number of ether oxygens (including phenoxy) is 1. The SMILES string of the molecule is O=C([C@H]1CN(Cc2cccs2)C[C@H]2OCC[C@@H]12)N1CCCCO1. The Morgan fingerprint density at radius 3 is 3.04 bits per heavy atom. The lowest BCUT2D eigenvalue weighted by Crippen LogP contribution is -2.53. The minimum absolute atomic E-state index is 0.00862. The Balaban J connectivity index is 1.47. The Hall–Kier alpha value is -0.950. The van der Waals surface area contributed by atoms with Crippen LogP contribution in [0.25, 0.3) is 0 Å². The lowest BCUT2D eigenvalue weighted by atomic mass is 9.82. The molecule has 3 aliphatic rings. The van der Waals surface area contributed by atoms with Crippen LogP contribution in [-0.2, 0) is 20.9 Å². The lowest BCUT2D eigenvalue weighted by molar-refractivity contribution is -0.205. The summed E-state index contributed by atoms with van der Waals surface area (Å²) < 4.78 is 5.92. The molecule has 0 spiro atoms. The maximum atomic E-state index is 13.0. The Morgan fingerprint density at radius 1 is 1.30 bits per heavy atom. The van der Waals surface area contributed by atoms with Gasteiger partial charge in [-0.15, -0.1) is 11.3 Å². The van der Waals surface area contributed by atoms with Crippen molar-refractivity contribution in [1.29, 1.82) is 0 Å². The Kier molecular flexibility index (Phi) is 4.66. The fraction of sp³-hybridized carbons (Fsp3) is 0.706. The molecule has 0 N–H and O–H groups in total. The second kappa shape index (κ2) is 6.89. The molecule has 0 saturated carbocycles. The molecule has 0 aliphatic carbocycles. The van der Waals surface area contributed by atoms with Gasteiger partial charge in [-0.05, 0) is 30.7 Å². The quantitative estimate of drug-likeness (QED) is 0.848. The molecule has 1 aromatic heterocycles. The number of hydrogen-bond acceptors (Lipinski definition) is 5. The van der Waals surface area contributed by atoms with E-state index in [0.29, 0.717) is 12.5 Å². The zero-order valence-electron chi connectivity index (χ0n) is 13.4. The molecule has 0 bridgehead atoms. The number of hydrogen-bond donors (Lipinski definition) is 0. The number of amides is 1. The van der Waals surface area contributed by atoms with Gasteiger partial charge in [-0.2, -0.15) is 0 Å². The molecule has 3 fully saturated rings. The second-order valence-corrected chi connectivity index (χ2v) is 7.75. The van der Waals surface area contributed by atoms with E-state index >= 15 is 0 Å². The predicted molar refractivity (Wildman–Crippen MR) is 87.8 cm³/mol. The average molecular weight is 336 g/mol. The molecule has 5 nitrogen and oxygen atoms in total. The van der Waals surface area contributed by atoms with Crippen molar-refractivity contribution in [3.63, 3.8) is 0 Å². The highest BCUT2D eigenvalue weighted by molar-refractivity contribution is 7.09. The van der Waals surface area contributed by atoms with Crippen molar-refractivity contribution in [2.75, 3.05) is 32.8 Å². The van der Waals surface area contributed by atoms with Crippen molar-refractivity contribution >= 4 is 17.2 Å². The number of fused-ring (bicyclic) bond motifs is 1. The molecular weight excluding hydrogens is 312 g/mol. The fourth-order valence-corrected chi connectivity index (χ4v) is 4.77. The number of carbonyl (C=O) groups is 1. The zero-order valence-corrected chi connectivity index (χ0v) is 14.2. The first kappa shape index (κ1) is 15.6. The van der Waals surface area contributed by atoms with Gasteiger partial charge >= 0.3 is 0 Å². The highest BCUT2D eigenvalue weighted by Crippen LogP contribution is 2.36. The van der Waals surface area contributed by atoms with Crippen molar-refractivity contribution in [1.82, 2.24) is 9.96 Å². The van der Waals surface area contributed by atoms with Crippen LogP contribution in [0.2, 0.25) is 0 Å². The maximum absolute atomic E-state index is 13.0. The molecule has 3 aliphatic heterocycles. The topological polar surface area (TPSA) is 42.0 Å². The van der Waals surface area contributed by atoms with Gasteiger partial charge in [0.05, 0.1) is 18.6 Å². The highest BCUT2D eigenvalue weighted by atomic mass is 32.1. The third-order valence-corrected chi connectivity index (χ3v) is 6.06. The van der Waals surface area contributed by atoms with Gasteiger partial charge in [-0.1, -0.05) is 6.07 Å². The molecule has 4 rings (SSSR count). The maximum Gasteiger partial charge on any atom is 0.250 e. The summed E-state index contributed by atoms with van der Waals surface area (Å²) in [6.45, 7) is 4.86. The first-order valence-electron chi connectivity index (χ1n) is 8.62. The van der Waals surface area contributed by atoms with E-state index in [0.717, 1.165) is 52.0 Å². The van der Waals surface area contributed by atoms with Crippen molar-refractivity contribution < 1.29 is 14.4 Å². The summed E-state index contributed by atoms with van der Waals surface area (Å²) >= 11 is 1.78. The summed E-state index contributed by atoms with van der Waals surface area (Å²) in [6.07, 6.45) is 3.29. The van der Waals surface area contributed by atoms with E-state index < -0.39 is 0 Å².